The maximum Gasteiger partial charge on any atom is 0.258 e. The van der Waals surface area contributed by atoms with Gasteiger partial charge in [0.2, 0.25) is 0 Å². The summed E-state index contributed by atoms with van der Waals surface area (Å²) < 4.78 is 2.01. The Kier molecular flexibility index (Phi) is 10.1. The molecule has 228 valence electrons. The summed E-state index contributed by atoms with van der Waals surface area (Å²) >= 11 is 5.60. The Morgan fingerprint density at radius 1 is 0.933 bits per heavy atom. The third-order valence-corrected chi connectivity index (χ3v) is 8.22. The van der Waals surface area contributed by atoms with Crippen LogP contribution < -0.4 is 15.1 Å². The van der Waals surface area contributed by atoms with Crippen LogP contribution in [0.2, 0.25) is 0 Å². The fraction of sp³-hybridized carbons (Fsp3) is 0.286. The second kappa shape index (κ2) is 14.5. The number of thiocarbonyl (C=S) groups is 1. The van der Waals surface area contributed by atoms with Crippen molar-refractivity contribution in [3.63, 3.8) is 0 Å². The van der Waals surface area contributed by atoms with Gasteiger partial charge >= 0.3 is 0 Å². The highest BCUT2D eigenvalue weighted by Crippen LogP contribution is 2.26. The highest BCUT2D eigenvalue weighted by molar-refractivity contribution is 7.80. The van der Waals surface area contributed by atoms with Crippen LogP contribution in [0.5, 0.6) is 0 Å². The quantitative estimate of drug-likeness (QED) is 0.257. The summed E-state index contributed by atoms with van der Waals surface area (Å²) in [5, 5.41) is 22.6. The Morgan fingerprint density at radius 2 is 1.56 bits per heavy atom. The van der Waals surface area contributed by atoms with E-state index in [1.54, 1.807) is 53.8 Å². The van der Waals surface area contributed by atoms with Crippen molar-refractivity contribution >= 4 is 34.6 Å². The van der Waals surface area contributed by atoms with Crippen LogP contribution in [-0.4, -0.2) is 58.2 Å². The van der Waals surface area contributed by atoms with Gasteiger partial charge in [0, 0.05) is 62.4 Å². The van der Waals surface area contributed by atoms with E-state index >= 15 is 0 Å². The van der Waals surface area contributed by atoms with E-state index in [1.807, 2.05) is 28.8 Å². The van der Waals surface area contributed by atoms with E-state index in [0.29, 0.717) is 35.7 Å². The number of nitrogens with one attached hydrogen (secondary N) is 1. The number of imidazole rings is 1. The summed E-state index contributed by atoms with van der Waals surface area (Å²) in [6.07, 6.45) is 3.53. The van der Waals surface area contributed by atoms with E-state index in [9.17, 15) is 10.1 Å². The molecule has 0 atom stereocenters. The van der Waals surface area contributed by atoms with E-state index < -0.39 is 0 Å². The minimum absolute atomic E-state index is 0.172. The van der Waals surface area contributed by atoms with Gasteiger partial charge in [-0.1, -0.05) is 26.0 Å². The molecule has 1 N–H and O–H groups in total. The van der Waals surface area contributed by atoms with Crippen LogP contribution in [0.25, 0.3) is 0 Å². The van der Waals surface area contributed by atoms with Crippen molar-refractivity contribution in [1.29, 1.82) is 10.5 Å². The molecule has 0 spiro atoms. The van der Waals surface area contributed by atoms with Crippen molar-refractivity contribution in [3.8, 4) is 12.1 Å². The third kappa shape index (κ3) is 7.86. The largest absolute Gasteiger partial charge is 0.368 e. The van der Waals surface area contributed by atoms with Crippen molar-refractivity contribution in [1.82, 2.24) is 19.8 Å². The van der Waals surface area contributed by atoms with Gasteiger partial charge in [0.15, 0.2) is 5.11 Å². The van der Waals surface area contributed by atoms with Crippen LogP contribution in [0.3, 0.4) is 0 Å². The molecule has 1 fully saturated rings. The van der Waals surface area contributed by atoms with Gasteiger partial charge in [0.1, 0.15) is 0 Å². The molecule has 0 aliphatic carbocycles. The third-order valence-electron chi connectivity index (χ3n) is 7.82. The summed E-state index contributed by atoms with van der Waals surface area (Å²) in [6, 6.07) is 26.5. The standard InChI is InChI=1S/C35H36N8OS/c1-26(2)21-39-35(45)41-17-15-40(16-18-41)31-11-13-32(14-12-31)43(34(44)30-9-7-28(20-37)8-10-30)24-33-22-38-25-42(33)23-29-5-3-27(19-36)4-6-29/h3-14,22,25-26H,15-18,21,23-24H2,1-2H3,(H,39,45). The Balaban J connectivity index is 1.34. The number of aromatic nitrogens is 2. The van der Waals surface area contributed by atoms with Gasteiger partial charge in [0.25, 0.3) is 5.91 Å². The lowest BCUT2D eigenvalue weighted by Crippen LogP contribution is -2.52. The molecule has 0 radical (unpaired) electrons. The van der Waals surface area contributed by atoms with Crippen LogP contribution in [0.15, 0.2) is 85.3 Å². The number of carbonyl (C=O) groups is 1. The van der Waals surface area contributed by atoms with Gasteiger partial charge in [-0.3, -0.25) is 4.79 Å². The smallest absolute Gasteiger partial charge is 0.258 e. The van der Waals surface area contributed by atoms with Gasteiger partial charge in [-0.15, -0.1) is 0 Å². The Hall–Kier alpha value is -5.19. The minimum atomic E-state index is -0.172. The van der Waals surface area contributed by atoms with E-state index in [4.69, 9.17) is 17.5 Å². The molecule has 1 aromatic heterocycles. The first kappa shape index (κ1) is 31.2. The van der Waals surface area contributed by atoms with Crippen molar-refractivity contribution < 1.29 is 4.79 Å². The summed E-state index contributed by atoms with van der Waals surface area (Å²) in [5.41, 5.74) is 5.35. The van der Waals surface area contributed by atoms with Gasteiger partial charge in [-0.25, -0.2) is 4.98 Å². The highest BCUT2D eigenvalue weighted by Gasteiger charge is 2.22. The van der Waals surface area contributed by atoms with Crippen molar-refractivity contribution in [2.24, 2.45) is 5.92 Å². The molecule has 3 aromatic carbocycles. The number of amides is 1. The predicted molar refractivity (Wildman–Crippen MR) is 180 cm³/mol. The topological polar surface area (TPSA) is 104 Å². The lowest BCUT2D eigenvalue weighted by molar-refractivity contribution is 0.0984. The summed E-state index contributed by atoms with van der Waals surface area (Å²) in [5.74, 6) is 0.364. The van der Waals surface area contributed by atoms with Crippen LogP contribution in [0, 0.1) is 28.6 Å². The molecular weight excluding hydrogens is 581 g/mol. The van der Waals surface area contributed by atoms with Crippen molar-refractivity contribution in [3.05, 3.63) is 113 Å². The molecule has 2 heterocycles. The number of hydrogen-bond acceptors (Lipinski definition) is 6. The molecule has 1 saturated heterocycles. The first-order valence-electron chi connectivity index (χ1n) is 15.0. The number of nitriles is 2. The lowest BCUT2D eigenvalue weighted by atomic mass is 10.1. The van der Waals surface area contributed by atoms with Gasteiger partial charge in [-0.05, 0) is 84.4 Å². The first-order valence-corrected chi connectivity index (χ1v) is 15.4. The lowest BCUT2D eigenvalue weighted by Gasteiger charge is -2.37. The molecule has 4 aromatic rings. The molecule has 10 heteroatoms. The van der Waals surface area contributed by atoms with E-state index in [2.05, 4.69) is 58.2 Å². The normalized spacial score (nSPS) is 12.8. The number of nitrogens with zero attached hydrogens (tertiary/aromatic N) is 7. The van der Waals surface area contributed by atoms with E-state index in [-0.39, 0.29) is 5.91 Å². The van der Waals surface area contributed by atoms with E-state index in [1.165, 1.54) is 0 Å². The number of piperazine rings is 1. The predicted octanol–water partition coefficient (Wildman–Crippen LogP) is 5.17. The molecule has 9 nitrogen and oxygen atoms in total. The number of benzene rings is 3. The summed E-state index contributed by atoms with van der Waals surface area (Å²) in [4.78, 5) is 24.6. The molecule has 45 heavy (non-hydrogen) atoms. The monoisotopic (exact) mass is 616 g/mol. The molecular formula is C35H36N8OS. The molecule has 1 aliphatic heterocycles. The van der Waals surface area contributed by atoms with Crippen molar-refractivity contribution in [2.75, 3.05) is 42.5 Å². The molecule has 0 saturated carbocycles. The Bertz CT molecular complexity index is 1690. The zero-order valence-corrected chi connectivity index (χ0v) is 26.4. The number of anilines is 2. The molecule has 1 amide bonds. The van der Waals surface area contributed by atoms with Crippen LogP contribution >= 0.6 is 12.2 Å². The summed E-state index contributed by atoms with van der Waals surface area (Å²) in [6.45, 7) is 9.46. The Morgan fingerprint density at radius 3 is 2.16 bits per heavy atom. The Labute approximate surface area is 269 Å². The second-order valence-electron chi connectivity index (χ2n) is 11.5. The molecule has 0 unspecified atom stereocenters. The van der Waals surface area contributed by atoms with Crippen LogP contribution in [0.4, 0.5) is 11.4 Å². The molecule has 1 aliphatic rings. The van der Waals surface area contributed by atoms with Gasteiger partial charge < -0.3 is 24.6 Å². The SMILES string of the molecule is CC(C)CNC(=S)N1CCN(c2ccc(N(Cc3cncn3Cc3ccc(C#N)cc3)C(=O)c3ccc(C#N)cc3)cc2)CC1. The van der Waals surface area contributed by atoms with Crippen molar-refractivity contribution in [2.45, 2.75) is 26.9 Å². The summed E-state index contributed by atoms with van der Waals surface area (Å²) in [7, 11) is 0. The zero-order valence-electron chi connectivity index (χ0n) is 25.6. The second-order valence-corrected chi connectivity index (χ2v) is 11.9. The fourth-order valence-corrected chi connectivity index (χ4v) is 5.47. The fourth-order valence-electron chi connectivity index (χ4n) is 5.20. The zero-order chi connectivity index (χ0) is 31.8. The number of carbonyl (C=O) groups excluding carboxylic acids is 1. The maximum absolute atomic E-state index is 13.9. The minimum Gasteiger partial charge on any atom is -0.368 e. The van der Waals surface area contributed by atoms with Crippen LogP contribution in [-0.2, 0) is 13.1 Å². The van der Waals surface area contributed by atoms with E-state index in [0.717, 1.165) is 60.5 Å². The highest BCUT2D eigenvalue weighted by atomic mass is 32.1. The van der Waals surface area contributed by atoms with Gasteiger partial charge in [0.05, 0.1) is 41.8 Å². The molecule has 0 bridgehead atoms. The van der Waals surface area contributed by atoms with Crippen LogP contribution in [0.1, 0.15) is 46.6 Å². The molecule has 5 rings (SSSR count). The number of rotatable bonds is 9. The number of hydrogen-bond donors (Lipinski definition) is 1. The first-order chi connectivity index (χ1) is 21.8. The maximum atomic E-state index is 13.9. The average molecular weight is 617 g/mol. The average Bonchev–Trinajstić information content (AvgIpc) is 3.52. The van der Waals surface area contributed by atoms with Gasteiger partial charge in [-0.2, -0.15) is 10.5 Å².